The molecule has 2 fully saturated rings. The van der Waals surface area contributed by atoms with Gasteiger partial charge in [-0.1, -0.05) is 30.3 Å². The van der Waals surface area contributed by atoms with E-state index in [-0.39, 0.29) is 5.75 Å². The maximum atomic E-state index is 13.5. The van der Waals surface area contributed by atoms with Crippen LogP contribution in [0.25, 0.3) is 0 Å². The van der Waals surface area contributed by atoms with Crippen molar-refractivity contribution >= 4 is 0 Å². The number of halogens is 2. The Morgan fingerprint density at radius 1 is 1.00 bits per heavy atom. The first-order valence-corrected chi connectivity index (χ1v) is 9.54. The molecule has 138 valence electrons. The van der Waals surface area contributed by atoms with E-state index in [9.17, 15) is 8.78 Å². The second-order valence-electron chi connectivity index (χ2n) is 7.64. The number of rotatable bonds is 8. The molecule has 0 spiro atoms. The van der Waals surface area contributed by atoms with Gasteiger partial charge in [0.2, 0.25) is 0 Å². The van der Waals surface area contributed by atoms with Crippen molar-refractivity contribution in [2.75, 3.05) is 26.2 Å². The van der Waals surface area contributed by atoms with Gasteiger partial charge in [0.15, 0.2) is 11.6 Å². The number of benzene rings is 2. The zero-order chi connectivity index (χ0) is 17.9. The van der Waals surface area contributed by atoms with Gasteiger partial charge >= 0.3 is 0 Å². The van der Waals surface area contributed by atoms with Crippen LogP contribution in [0.1, 0.15) is 30.7 Å². The predicted molar refractivity (Wildman–Crippen MR) is 98.3 cm³/mol. The molecule has 0 unspecified atom stereocenters. The minimum Gasteiger partial charge on any atom is -0.489 e. The molecule has 1 aliphatic heterocycles. The van der Waals surface area contributed by atoms with Gasteiger partial charge in [-0.2, -0.15) is 0 Å². The molecule has 2 aromatic carbocycles. The van der Waals surface area contributed by atoms with Crippen LogP contribution < -0.4 is 4.74 Å². The summed E-state index contributed by atoms with van der Waals surface area (Å²) in [5.74, 6) is 1.36. The quantitative estimate of drug-likeness (QED) is 0.669. The van der Waals surface area contributed by atoms with Crippen LogP contribution in [0.2, 0.25) is 0 Å². The van der Waals surface area contributed by atoms with Crippen molar-refractivity contribution in [3.63, 3.8) is 0 Å². The topological polar surface area (TPSA) is 12.5 Å². The van der Waals surface area contributed by atoms with Gasteiger partial charge in [-0.05, 0) is 54.7 Å². The Morgan fingerprint density at radius 3 is 2.58 bits per heavy atom. The molecule has 4 heteroatoms. The van der Waals surface area contributed by atoms with Gasteiger partial charge in [-0.25, -0.2) is 8.78 Å². The zero-order valence-corrected chi connectivity index (χ0v) is 14.9. The van der Waals surface area contributed by atoms with E-state index in [1.54, 1.807) is 0 Å². The number of hydrogen-bond donors (Lipinski definition) is 0. The number of hydrogen-bond acceptors (Lipinski definition) is 2. The molecule has 2 nitrogen and oxygen atoms in total. The van der Waals surface area contributed by atoms with Crippen LogP contribution in [0.3, 0.4) is 0 Å². The van der Waals surface area contributed by atoms with Crippen molar-refractivity contribution in [1.29, 1.82) is 0 Å². The van der Waals surface area contributed by atoms with E-state index in [0.717, 1.165) is 43.5 Å². The second-order valence-corrected chi connectivity index (χ2v) is 7.64. The molecule has 0 bridgehead atoms. The molecule has 2 aromatic rings. The normalized spacial score (nSPS) is 22.8. The van der Waals surface area contributed by atoms with Crippen LogP contribution in [-0.4, -0.2) is 31.1 Å². The average Bonchev–Trinajstić information content (AvgIpc) is 3.38. The molecule has 0 N–H and O–H groups in total. The summed E-state index contributed by atoms with van der Waals surface area (Å²) in [5.41, 5.74) is 1.50. The fourth-order valence-electron chi connectivity index (χ4n) is 4.04. The Kier molecular flexibility index (Phi) is 5.21. The van der Waals surface area contributed by atoms with Crippen LogP contribution in [-0.2, 0) is 0 Å². The average molecular weight is 357 g/mol. The van der Waals surface area contributed by atoms with Gasteiger partial charge in [-0.15, -0.1) is 0 Å². The third-order valence-corrected chi connectivity index (χ3v) is 5.69. The third kappa shape index (κ3) is 4.24. The van der Waals surface area contributed by atoms with E-state index in [1.165, 1.54) is 37.0 Å². The molecule has 26 heavy (non-hydrogen) atoms. The number of likely N-dealkylation sites (tertiary alicyclic amines) is 1. The van der Waals surface area contributed by atoms with Crippen LogP contribution in [0.15, 0.2) is 48.5 Å². The Balaban J connectivity index is 1.09. The van der Waals surface area contributed by atoms with E-state index < -0.39 is 11.6 Å². The van der Waals surface area contributed by atoms with Crippen LogP contribution in [0, 0.1) is 23.5 Å². The molecule has 4 rings (SSSR count). The summed E-state index contributed by atoms with van der Waals surface area (Å²) < 4.78 is 31.8. The fraction of sp³-hybridized carbons (Fsp3) is 0.455. The van der Waals surface area contributed by atoms with Crippen molar-refractivity contribution < 1.29 is 13.5 Å². The first kappa shape index (κ1) is 17.5. The van der Waals surface area contributed by atoms with Gasteiger partial charge in [0, 0.05) is 25.7 Å². The third-order valence-electron chi connectivity index (χ3n) is 5.69. The first-order valence-electron chi connectivity index (χ1n) is 9.54. The lowest BCUT2D eigenvalue weighted by Gasteiger charge is -2.39. The van der Waals surface area contributed by atoms with Gasteiger partial charge in [-0.3, -0.25) is 4.90 Å². The summed E-state index contributed by atoms with van der Waals surface area (Å²) in [6.07, 6.45) is 3.98. The maximum absolute atomic E-state index is 13.5. The Hall–Kier alpha value is -1.94. The van der Waals surface area contributed by atoms with Gasteiger partial charge in [0.05, 0.1) is 0 Å². The van der Waals surface area contributed by atoms with E-state index in [1.807, 2.05) is 0 Å². The monoisotopic (exact) mass is 357 g/mol. The van der Waals surface area contributed by atoms with Gasteiger partial charge in [0.1, 0.15) is 12.4 Å². The molecule has 1 saturated heterocycles. The Bertz CT molecular complexity index is 730. The SMILES string of the molecule is Fc1ccc(OCCN2CC(CC[C@@H]3C[C@H]3c3ccccc3)C2)c(F)c1. The summed E-state index contributed by atoms with van der Waals surface area (Å²) in [5, 5.41) is 0. The molecule has 2 atom stereocenters. The highest BCUT2D eigenvalue weighted by Crippen LogP contribution is 2.50. The summed E-state index contributed by atoms with van der Waals surface area (Å²) in [7, 11) is 0. The predicted octanol–water partition coefficient (Wildman–Crippen LogP) is 4.86. The van der Waals surface area contributed by atoms with E-state index >= 15 is 0 Å². The number of ether oxygens (including phenoxy) is 1. The molecule has 0 aromatic heterocycles. The summed E-state index contributed by atoms with van der Waals surface area (Å²) in [6.45, 7) is 3.45. The van der Waals surface area contributed by atoms with Crippen molar-refractivity contribution in [1.82, 2.24) is 4.90 Å². The van der Waals surface area contributed by atoms with Crippen molar-refractivity contribution in [2.24, 2.45) is 11.8 Å². The zero-order valence-electron chi connectivity index (χ0n) is 14.9. The fourth-order valence-corrected chi connectivity index (χ4v) is 4.04. The smallest absolute Gasteiger partial charge is 0.167 e. The highest BCUT2D eigenvalue weighted by molar-refractivity contribution is 5.25. The van der Waals surface area contributed by atoms with E-state index in [2.05, 4.69) is 35.2 Å². The molecular weight excluding hydrogens is 332 g/mol. The van der Waals surface area contributed by atoms with Crippen LogP contribution in [0.5, 0.6) is 5.75 Å². The summed E-state index contributed by atoms with van der Waals surface area (Å²) in [6, 6.07) is 14.3. The van der Waals surface area contributed by atoms with Crippen molar-refractivity contribution in [3.8, 4) is 5.75 Å². The first-order chi connectivity index (χ1) is 12.7. The van der Waals surface area contributed by atoms with Crippen LogP contribution >= 0.6 is 0 Å². The standard InChI is InChI=1S/C22H25F2NO/c23-19-8-9-22(21(24)13-19)26-11-10-25-14-16(15-25)6-7-18-12-20(18)17-4-2-1-3-5-17/h1-5,8-9,13,16,18,20H,6-7,10-12,14-15H2/t18-,20+/m1/s1. The van der Waals surface area contributed by atoms with E-state index in [0.29, 0.717) is 6.61 Å². The number of nitrogens with zero attached hydrogens (tertiary/aromatic N) is 1. The second kappa shape index (κ2) is 7.75. The Morgan fingerprint density at radius 2 is 1.81 bits per heavy atom. The molecule has 1 saturated carbocycles. The van der Waals surface area contributed by atoms with Crippen LogP contribution in [0.4, 0.5) is 8.78 Å². The summed E-state index contributed by atoms with van der Waals surface area (Å²) in [4.78, 5) is 2.34. The van der Waals surface area contributed by atoms with Crippen molar-refractivity contribution in [3.05, 3.63) is 65.7 Å². The largest absolute Gasteiger partial charge is 0.489 e. The molecule has 1 heterocycles. The lowest BCUT2D eigenvalue weighted by molar-refractivity contribution is 0.0747. The highest BCUT2D eigenvalue weighted by Gasteiger charge is 2.38. The molecular formula is C22H25F2NO. The Labute approximate surface area is 153 Å². The lowest BCUT2D eigenvalue weighted by Crippen LogP contribution is -2.48. The molecule has 0 radical (unpaired) electrons. The minimum atomic E-state index is -0.635. The molecule has 1 aliphatic carbocycles. The van der Waals surface area contributed by atoms with Gasteiger partial charge < -0.3 is 4.74 Å². The molecule has 0 amide bonds. The summed E-state index contributed by atoms with van der Waals surface area (Å²) >= 11 is 0. The minimum absolute atomic E-state index is 0.129. The van der Waals surface area contributed by atoms with Crippen molar-refractivity contribution in [2.45, 2.75) is 25.2 Å². The van der Waals surface area contributed by atoms with E-state index in [4.69, 9.17) is 4.74 Å². The van der Waals surface area contributed by atoms with Gasteiger partial charge in [0.25, 0.3) is 0 Å². The lowest BCUT2D eigenvalue weighted by atomic mass is 9.93. The maximum Gasteiger partial charge on any atom is 0.167 e. The highest BCUT2D eigenvalue weighted by atomic mass is 19.1. The molecule has 2 aliphatic rings.